The molecule has 0 aromatic heterocycles. The fraction of sp³-hybridized carbons (Fsp3) is 0.500. The van der Waals surface area contributed by atoms with Crippen LogP contribution in [-0.2, 0) is 10.0 Å². The minimum Gasteiger partial charge on any atom is -0.399 e. The Morgan fingerprint density at radius 2 is 2.05 bits per heavy atom. The molecule has 0 unspecified atom stereocenters. The zero-order chi connectivity index (χ0) is 15.5. The minimum absolute atomic E-state index is 0.00207. The highest BCUT2D eigenvalue weighted by molar-refractivity contribution is 7.89. The smallest absolute Gasteiger partial charge is 0.251 e. The van der Waals surface area contributed by atoms with E-state index in [4.69, 9.17) is 5.73 Å². The average Bonchev–Trinajstić information content (AvgIpc) is 2.48. The van der Waals surface area contributed by atoms with Crippen molar-refractivity contribution in [3.63, 3.8) is 0 Å². The molecule has 1 aromatic carbocycles. The van der Waals surface area contributed by atoms with Crippen molar-refractivity contribution in [1.29, 1.82) is 0 Å². The Balaban J connectivity index is 1.91. The number of sulfonamides is 1. The van der Waals surface area contributed by atoms with Crippen LogP contribution < -0.4 is 11.1 Å². The molecule has 0 radical (unpaired) electrons. The second-order valence-electron chi connectivity index (χ2n) is 5.17. The molecule has 1 aromatic rings. The van der Waals surface area contributed by atoms with E-state index in [1.54, 1.807) is 31.2 Å². The van der Waals surface area contributed by atoms with Crippen LogP contribution >= 0.6 is 0 Å². The Bertz CT molecular complexity index is 608. The van der Waals surface area contributed by atoms with E-state index in [-0.39, 0.29) is 17.7 Å². The highest BCUT2D eigenvalue weighted by Crippen LogP contribution is 2.15. The van der Waals surface area contributed by atoms with Gasteiger partial charge < -0.3 is 11.1 Å². The van der Waals surface area contributed by atoms with E-state index >= 15 is 0 Å². The summed E-state index contributed by atoms with van der Waals surface area (Å²) in [5.41, 5.74) is 6.73. The number of piperidine rings is 1. The highest BCUT2D eigenvalue weighted by Gasteiger charge is 2.27. The van der Waals surface area contributed by atoms with Gasteiger partial charge in [-0.3, -0.25) is 4.79 Å². The first-order valence-electron chi connectivity index (χ1n) is 7.06. The van der Waals surface area contributed by atoms with Crippen LogP contribution in [0.3, 0.4) is 0 Å². The summed E-state index contributed by atoms with van der Waals surface area (Å²) in [6.45, 7) is 2.55. The zero-order valence-corrected chi connectivity index (χ0v) is 12.9. The minimum atomic E-state index is -3.13. The van der Waals surface area contributed by atoms with Gasteiger partial charge in [0.2, 0.25) is 10.0 Å². The number of nitrogens with one attached hydrogen (secondary N) is 1. The molecule has 0 atom stereocenters. The number of benzene rings is 1. The van der Waals surface area contributed by atoms with Crippen molar-refractivity contribution in [3.05, 3.63) is 29.8 Å². The summed E-state index contributed by atoms with van der Waals surface area (Å²) in [6, 6.07) is 6.81. The van der Waals surface area contributed by atoms with Crippen LogP contribution in [0.1, 0.15) is 30.1 Å². The number of carbonyl (C=O) groups excluding carboxylic acids is 1. The number of anilines is 1. The molecule has 2 rings (SSSR count). The molecule has 0 aliphatic carbocycles. The summed E-state index contributed by atoms with van der Waals surface area (Å²) in [4.78, 5) is 12.1. The van der Waals surface area contributed by atoms with Crippen molar-refractivity contribution in [2.45, 2.75) is 25.8 Å². The summed E-state index contributed by atoms with van der Waals surface area (Å²) in [5, 5.41) is 2.94. The SMILES string of the molecule is CCS(=O)(=O)N1CCC(NC(=O)c2cccc(N)c2)CC1. The van der Waals surface area contributed by atoms with Crippen molar-refractivity contribution >= 4 is 21.6 Å². The number of nitrogens with zero attached hydrogens (tertiary/aromatic N) is 1. The van der Waals surface area contributed by atoms with Crippen LogP contribution in [0.4, 0.5) is 5.69 Å². The lowest BCUT2D eigenvalue weighted by atomic mass is 10.1. The number of hydrogen-bond donors (Lipinski definition) is 2. The third-order valence-corrected chi connectivity index (χ3v) is 5.58. The molecule has 1 amide bonds. The Morgan fingerprint density at radius 3 is 2.62 bits per heavy atom. The predicted octanol–water partition coefficient (Wildman–Crippen LogP) is 0.813. The molecule has 0 saturated carbocycles. The molecule has 6 nitrogen and oxygen atoms in total. The molecule has 1 fully saturated rings. The van der Waals surface area contributed by atoms with Gasteiger partial charge in [-0.25, -0.2) is 12.7 Å². The van der Waals surface area contributed by atoms with Gasteiger partial charge >= 0.3 is 0 Å². The fourth-order valence-corrected chi connectivity index (χ4v) is 3.54. The highest BCUT2D eigenvalue weighted by atomic mass is 32.2. The van der Waals surface area contributed by atoms with Crippen molar-refractivity contribution in [3.8, 4) is 0 Å². The van der Waals surface area contributed by atoms with Gasteiger partial charge in [-0.1, -0.05) is 6.07 Å². The molecule has 21 heavy (non-hydrogen) atoms. The van der Waals surface area contributed by atoms with Gasteiger partial charge in [0.15, 0.2) is 0 Å². The van der Waals surface area contributed by atoms with Gasteiger partial charge in [-0.15, -0.1) is 0 Å². The maximum atomic E-state index is 12.1. The molecule has 1 aliphatic heterocycles. The van der Waals surface area contributed by atoms with E-state index in [0.717, 1.165) is 0 Å². The number of carbonyl (C=O) groups is 1. The summed E-state index contributed by atoms with van der Waals surface area (Å²) >= 11 is 0. The van der Waals surface area contributed by atoms with Crippen LogP contribution in [0, 0.1) is 0 Å². The van der Waals surface area contributed by atoms with Crippen molar-refractivity contribution in [2.75, 3.05) is 24.6 Å². The number of hydrogen-bond acceptors (Lipinski definition) is 4. The standard InChI is InChI=1S/C14H21N3O3S/c1-2-21(19,20)17-8-6-13(7-9-17)16-14(18)11-4-3-5-12(15)10-11/h3-5,10,13H,2,6-9,15H2,1H3,(H,16,18). The number of nitrogens with two attached hydrogens (primary N) is 1. The molecular formula is C14H21N3O3S. The Kier molecular flexibility index (Phi) is 4.84. The van der Waals surface area contributed by atoms with E-state index in [1.807, 2.05) is 0 Å². The number of nitrogen functional groups attached to an aromatic ring is 1. The summed E-state index contributed by atoms with van der Waals surface area (Å²) in [7, 11) is -3.13. The lowest BCUT2D eigenvalue weighted by molar-refractivity contribution is 0.0924. The maximum Gasteiger partial charge on any atom is 0.251 e. The van der Waals surface area contributed by atoms with E-state index in [0.29, 0.717) is 37.2 Å². The zero-order valence-electron chi connectivity index (χ0n) is 12.1. The van der Waals surface area contributed by atoms with Gasteiger partial charge in [-0.05, 0) is 38.0 Å². The monoisotopic (exact) mass is 311 g/mol. The largest absolute Gasteiger partial charge is 0.399 e. The molecule has 1 heterocycles. The molecule has 1 aliphatic rings. The first kappa shape index (κ1) is 15.8. The molecular weight excluding hydrogens is 290 g/mol. The molecule has 7 heteroatoms. The quantitative estimate of drug-likeness (QED) is 0.805. The predicted molar refractivity (Wildman–Crippen MR) is 82.4 cm³/mol. The molecule has 0 bridgehead atoms. The van der Waals surface area contributed by atoms with Crippen molar-refractivity contribution in [1.82, 2.24) is 9.62 Å². The summed E-state index contributed by atoms with van der Waals surface area (Å²) in [6.07, 6.45) is 1.26. The van der Waals surface area contributed by atoms with Gasteiger partial charge in [0.1, 0.15) is 0 Å². The fourth-order valence-electron chi connectivity index (χ4n) is 2.41. The third-order valence-electron chi connectivity index (χ3n) is 3.70. The van der Waals surface area contributed by atoms with Gasteiger partial charge in [0.05, 0.1) is 5.75 Å². The average molecular weight is 311 g/mol. The van der Waals surface area contributed by atoms with Crippen LogP contribution in [0.2, 0.25) is 0 Å². The van der Waals surface area contributed by atoms with E-state index in [2.05, 4.69) is 5.32 Å². The van der Waals surface area contributed by atoms with Gasteiger partial charge in [0, 0.05) is 30.4 Å². The lowest BCUT2D eigenvalue weighted by Gasteiger charge is -2.31. The molecule has 1 saturated heterocycles. The second-order valence-corrected chi connectivity index (χ2v) is 7.43. The summed E-state index contributed by atoms with van der Waals surface area (Å²) in [5.74, 6) is -0.0491. The summed E-state index contributed by atoms with van der Waals surface area (Å²) < 4.78 is 25.0. The first-order valence-corrected chi connectivity index (χ1v) is 8.67. The van der Waals surface area contributed by atoms with Gasteiger partial charge in [-0.2, -0.15) is 0 Å². The topological polar surface area (TPSA) is 92.5 Å². The third kappa shape index (κ3) is 3.95. The van der Waals surface area contributed by atoms with E-state index in [9.17, 15) is 13.2 Å². The Morgan fingerprint density at radius 1 is 1.38 bits per heavy atom. The van der Waals surface area contributed by atoms with Crippen LogP contribution in [0.15, 0.2) is 24.3 Å². The first-order chi connectivity index (χ1) is 9.92. The van der Waals surface area contributed by atoms with Crippen LogP contribution in [0.25, 0.3) is 0 Å². The van der Waals surface area contributed by atoms with E-state index < -0.39 is 10.0 Å². The molecule has 0 spiro atoms. The van der Waals surface area contributed by atoms with Crippen molar-refractivity contribution < 1.29 is 13.2 Å². The second kappa shape index (κ2) is 6.44. The Hall–Kier alpha value is -1.60. The molecule has 116 valence electrons. The van der Waals surface area contributed by atoms with Crippen LogP contribution in [0.5, 0.6) is 0 Å². The normalized spacial score (nSPS) is 17.6. The number of rotatable bonds is 4. The van der Waals surface area contributed by atoms with Crippen LogP contribution in [-0.4, -0.2) is 43.5 Å². The van der Waals surface area contributed by atoms with Gasteiger partial charge in [0.25, 0.3) is 5.91 Å². The number of amides is 1. The maximum absolute atomic E-state index is 12.1. The lowest BCUT2D eigenvalue weighted by Crippen LogP contribution is -2.46. The Labute approximate surface area is 125 Å². The van der Waals surface area contributed by atoms with Crippen molar-refractivity contribution in [2.24, 2.45) is 0 Å². The molecule has 3 N–H and O–H groups in total. The van der Waals surface area contributed by atoms with E-state index in [1.165, 1.54) is 4.31 Å².